The van der Waals surface area contributed by atoms with Crippen LogP contribution in [0.25, 0.3) is 16.3 Å². The molecule has 25 heavy (non-hydrogen) atoms. The molecule has 0 saturated carbocycles. The molecule has 4 rings (SSSR count). The van der Waals surface area contributed by atoms with Crippen LogP contribution < -0.4 is 10.2 Å². The number of benzene rings is 1. The van der Waals surface area contributed by atoms with Gasteiger partial charge in [0.15, 0.2) is 5.13 Å². The molecular weight excluding hydrogens is 354 g/mol. The number of fused-ring (bicyclic) bond motifs is 1. The molecule has 0 bridgehead atoms. The summed E-state index contributed by atoms with van der Waals surface area (Å²) in [4.78, 5) is 20.1. The Morgan fingerprint density at radius 2 is 2.16 bits per heavy atom. The smallest absolute Gasteiger partial charge is 0.248 e. The minimum absolute atomic E-state index is 0.134. The molecule has 1 aliphatic rings. The fourth-order valence-corrected chi connectivity index (χ4v) is 4.28. The predicted molar refractivity (Wildman–Crippen MR) is 105 cm³/mol. The maximum absolute atomic E-state index is 12.1. The van der Waals surface area contributed by atoms with E-state index in [1.54, 1.807) is 28.7 Å². The molecule has 1 aliphatic heterocycles. The van der Waals surface area contributed by atoms with Gasteiger partial charge in [0, 0.05) is 29.7 Å². The second-order valence-corrected chi connectivity index (χ2v) is 7.60. The highest BCUT2D eigenvalue weighted by Gasteiger charge is 2.15. The number of amides is 1. The van der Waals surface area contributed by atoms with Crippen molar-refractivity contribution in [1.82, 2.24) is 4.98 Å². The molecule has 0 aliphatic carbocycles. The first-order chi connectivity index (χ1) is 12.3. The average molecular weight is 371 g/mol. The first-order valence-electron chi connectivity index (χ1n) is 8.04. The first-order valence-corrected chi connectivity index (χ1v) is 9.73. The van der Waals surface area contributed by atoms with E-state index in [1.165, 1.54) is 0 Å². The van der Waals surface area contributed by atoms with Crippen molar-refractivity contribution in [3.05, 3.63) is 46.7 Å². The number of thiazole rings is 1. The van der Waals surface area contributed by atoms with Crippen LogP contribution in [-0.4, -0.2) is 37.2 Å². The van der Waals surface area contributed by atoms with Crippen LogP contribution in [0.2, 0.25) is 0 Å². The molecule has 0 spiro atoms. The number of anilines is 2. The number of aromatic nitrogens is 1. The maximum atomic E-state index is 12.1. The number of ether oxygens (including phenoxy) is 1. The van der Waals surface area contributed by atoms with Crippen molar-refractivity contribution < 1.29 is 9.53 Å². The Morgan fingerprint density at radius 3 is 2.96 bits per heavy atom. The molecule has 1 aromatic carbocycles. The summed E-state index contributed by atoms with van der Waals surface area (Å²) in [5.74, 6) is -0.134. The van der Waals surface area contributed by atoms with Gasteiger partial charge in [0.2, 0.25) is 5.91 Å². The van der Waals surface area contributed by atoms with Crippen molar-refractivity contribution in [3.8, 4) is 0 Å². The second kappa shape index (κ2) is 7.35. The number of nitrogens with zero attached hydrogens (tertiary/aromatic N) is 2. The van der Waals surface area contributed by atoms with E-state index in [1.807, 2.05) is 41.8 Å². The van der Waals surface area contributed by atoms with Crippen molar-refractivity contribution in [1.29, 1.82) is 0 Å². The van der Waals surface area contributed by atoms with Crippen LogP contribution in [0.1, 0.15) is 4.88 Å². The predicted octanol–water partition coefficient (Wildman–Crippen LogP) is 3.85. The second-order valence-electron chi connectivity index (χ2n) is 5.62. The van der Waals surface area contributed by atoms with Gasteiger partial charge in [-0.25, -0.2) is 4.98 Å². The summed E-state index contributed by atoms with van der Waals surface area (Å²) in [6, 6.07) is 9.77. The highest BCUT2D eigenvalue weighted by molar-refractivity contribution is 7.22. The summed E-state index contributed by atoms with van der Waals surface area (Å²) >= 11 is 3.25. The van der Waals surface area contributed by atoms with E-state index in [2.05, 4.69) is 10.2 Å². The molecule has 7 heteroatoms. The molecule has 0 unspecified atom stereocenters. The summed E-state index contributed by atoms with van der Waals surface area (Å²) in [6.07, 6.45) is 3.38. The van der Waals surface area contributed by atoms with Crippen molar-refractivity contribution in [3.63, 3.8) is 0 Å². The zero-order valence-electron chi connectivity index (χ0n) is 13.5. The van der Waals surface area contributed by atoms with Gasteiger partial charge in [-0.2, -0.15) is 0 Å². The van der Waals surface area contributed by atoms with Gasteiger partial charge in [-0.3, -0.25) is 4.79 Å². The topological polar surface area (TPSA) is 54.5 Å². The number of carbonyl (C=O) groups excluding carboxylic acids is 1. The molecular formula is C18H17N3O2S2. The average Bonchev–Trinajstić information content (AvgIpc) is 3.30. The molecule has 2 aromatic heterocycles. The van der Waals surface area contributed by atoms with Gasteiger partial charge in [-0.1, -0.05) is 17.4 Å². The van der Waals surface area contributed by atoms with Crippen molar-refractivity contribution in [2.24, 2.45) is 0 Å². The molecule has 1 saturated heterocycles. The molecule has 128 valence electrons. The van der Waals surface area contributed by atoms with Gasteiger partial charge in [-0.05, 0) is 35.7 Å². The number of thiophene rings is 1. The summed E-state index contributed by atoms with van der Waals surface area (Å²) in [6.45, 7) is 3.23. The lowest BCUT2D eigenvalue weighted by Crippen LogP contribution is -2.36. The number of hydrogen-bond acceptors (Lipinski definition) is 6. The highest BCUT2D eigenvalue weighted by Crippen LogP contribution is 2.31. The van der Waals surface area contributed by atoms with Crippen molar-refractivity contribution in [2.75, 3.05) is 36.5 Å². The molecule has 1 N–H and O–H groups in total. The Balaban J connectivity index is 1.47. The number of nitrogens with one attached hydrogen (secondary N) is 1. The van der Waals surface area contributed by atoms with E-state index in [0.717, 1.165) is 52.2 Å². The number of hydrogen-bond donors (Lipinski definition) is 1. The molecule has 0 radical (unpaired) electrons. The Kier molecular flexibility index (Phi) is 4.78. The highest BCUT2D eigenvalue weighted by atomic mass is 32.1. The lowest BCUT2D eigenvalue weighted by molar-refractivity contribution is -0.111. The van der Waals surface area contributed by atoms with Gasteiger partial charge >= 0.3 is 0 Å². The van der Waals surface area contributed by atoms with Gasteiger partial charge in [-0.15, -0.1) is 11.3 Å². The SMILES string of the molecule is O=C(/C=C/c1cccs1)Nc1ccc2nc(N3CCOCC3)sc2c1. The third-order valence-corrected chi connectivity index (χ3v) is 5.78. The number of morpholine rings is 1. The Morgan fingerprint density at radius 1 is 1.28 bits per heavy atom. The minimum atomic E-state index is -0.134. The number of carbonyl (C=O) groups is 1. The first kappa shape index (κ1) is 16.3. The van der Waals surface area contributed by atoms with Crippen LogP contribution in [0.4, 0.5) is 10.8 Å². The van der Waals surface area contributed by atoms with Crippen LogP contribution in [-0.2, 0) is 9.53 Å². The maximum Gasteiger partial charge on any atom is 0.248 e. The Bertz CT molecular complexity index is 896. The normalized spacial score (nSPS) is 15.1. The third kappa shape index (κ3) is 3.89. The van der Waals surface area contributed by atoms with Crippen LogP contribution in [0.3, 0.4) is 0 Å². The largest absolute Gasteiger partial charge is 0.378 e. The molecule has 1 fully saturated rings. The Labute approximate surface area is 153 Å². The fraction of sp³-hybridized carbons (Fsp3) is 0.222. The molecule has 0 atom stereocenters. The standard InChI is InChI=1S/C18H17N3O2S2/c22-17(6-4-14-2-1-11-24-14)19-13-3-5-15-16(12-13)25-18(20-15)21-7-9-23-10-8-21/h1-6,11-12H,7-10H2,(H,19,22)/b6-4+. The zero-order chi connectivity index (χ0) is 17.1. The minimum Gasteiger partial charge on any atom is -0.378 e. The number of rotatable bonds is 4. The molecule has 5 nitrogen and oxygen atoms in total. The van der Waals surface area contributed by atoms with E-state index >= 15 is 0 Å². The summed E-state index contributed by atoms with van der Waals surface area (Å²) in [5.41, 5.74) is 1.74. The van der Waals surface area contributed by atoms with Crippen LogP contribution >= 0.6 is 22.7 Å². The quantitative estimate of drug-likeness (QED) is 0.708. The molecule has 3 aromatic rings. The fourth-order valence-electron chi connectivity index (χ4n) is 2.61. The summed E-state index contributed by atoms with van der Waals surface area (Å²) < 4.78 is 6.46. The summed E-state index contributed by atoms with van der Waals surface area (Å²) in [5, 5.41) is 5.91. The van der Waals surface area contributed by atoms with E-state index in [4.69, 9.17) is 9.72 Å². The van der Waals surface area contributed by atoms with Crippen LogP contribution in [0, 0.1) is 0 Å². The lowest BCUT2D eigenvalue weighted by Gasteiger charge is -2.25. The monoisotopic (exact) mass is 371 g/mol. The van der Waals surface area contributed by atoms with Gasteiger partial charge in [0.25, 0.3) is 0 Å². The zero-order valence-corrected chi connectivity index (χ0v) is 15.1. The summed E-state index contributed by atoms with van der Waals surface area (Å²) in [7, 11) is 0. The van der Waals surface area contributed by atoms with E-state index in [9.17, 15) is 4.79 Å². The van der Waals surface area contributed by atoms with Crippen molar-refractivity contribution in [2.45, 2.75) is 0 Å². The van der Waals surface area contributed by atoms with Gasteiger partial charge in [0.05, 0.1) is 23.4 Å². The van der Waals surface area contributed by atoms with Gasteiger partial charge < -0.3 is 15.0 Å². The van der Waals surface area contributed by atoms with Crippen LogP contribution in [0.15, 0.2) is 41.8 Å². The van der Waals surface area contributed by atoms with E-state index in [-0.39, 0.29) is 5.91 Å². The molecule has 3 heterocycles. The van der Waals surface area contributed by atoms with Gasteiger partial charge in [0.1, 0.15) is 0 Å². The lowest BCUT2D eigenvalue weighted by atomic mass is 10.3. The van der Waals surface area contributed by atoms with Crippen molar-refractivity contribution >= 4 is 55.7 Å². The molecule has 1 amide bonds. The van der Waals surface area contributed by atoms with E-state index < -0.39 is 0 Å². The van der Waals surface area contributed by atoms with E-state index in [0.29, 0.717) is 0 Å². The third-order valence-electron chi connectivity index (χ3n) is 3.87. The van der Waals surface area contributed by atoms with Crippen LogP contribution in [0.5, 0.6) is 0 Å². The Hall–Kier alpha value is -2.22.